The van der Waals surface area contributed by atoms with E-state index in [1.807, 2.05) is 0 Å². The van der Waals surface area contributed by atoms with Crippen LogP contribution in [0.1, 0.15) is 29.5 Å². The number of rotatable bonds is 4. The van der Waals surface area contributed by atoms with Gasteiger partial charge in [-0.3, -0.25) is 4.79 Å². The van der Waals surface area contributed by atoms with Gasteiger partial charge < -0.3 is 5.11 Å². The largest absolute Gasteiger partial charge is 0.481 e. The normalized spacial score (nSPS) is 17.1. The molecule has 0 heterocycles. The van der Waals surface area contributed by atoms with Crippen LogP contribution in [0.3, 0.4) is 0 Å². The van der Waals surface area contributed by atoms with Crippen LogP contribution in [-0.2, 0) is 11.2 Å². The molecule has 2 rings (SSSR count). The molecule has 2 heteroatoms. The number of hydrogen-bond donors (Lipinski definition) is 1. The Morgan fingerprint density at radius 2 is 2.12 bits per heavy atom. The van der Waals surface area contributed by atoms with E-state index < -0.39 is 5.97 Å². The lowest BCUT2D eigenvalue weighted by Crippen LogP contribution is -2.19. The van der Waals surface area contributed by atoms with Crippen molar-refractivity contribution in [3.8, 4) is 0 Å². The molecule has 1 aliphatic rings. The highest BCUT2D eigenvalue weighted by molar-refractivity contribution is 5.71. The number of aliphatic carboxylic acids is 1. The lowest BCUT2D eigenvalue weighted by atomic mass is 9.91. The van der Waals surface area contributed by atoms with E-state index in [1.165, 1.54) is 16.7 Å². The summed E-state index contributed by atoms with van der Waals surface area (Å²) in [5.41, 5.74) is 3.61. The number of hydrogen-bond acceptors (Lipinski definition) is 1. The zero-order valence-corrected chi connectivity index (χ0v) is 9.86. The van der Waals surface area contributed by atoms with Gasteiger partial charge in [0, 0.05) is 0 Å². The van der Waals surface area contributed by atoms with Crippen molar-refractivity contribution in [2.45, 2.75) is 33.1 Å². The SMILES string of the molecule is Cc1ccc(C)c(CC(C(=O)O)C2CC2)c1. The molecule has 0 aromatic heterocycles. The molecule has 0 aliphatic heterocycles. The molecular formula is C14H18O2. The van der Waals surface area contributed by atoms with Crippen molar-refractivity contribution in [1.82, 2.24) is 0 Å². The second-order valence-electron chi connectivity index (χ2n) is 4.92. The zero-order chi connectivity index (χ0) is 11.7. The summed E-state index contributed by atoms with van der Waals surface area (Å²) in [5.74, 6) is -0.402. The van der Waals surface area contributed by atoms with Crippen molar-refractivity contribution in [1.29, 1.82) is 0 Å². The van der Waals surface area contributed by atoms with Crippen LogP contribution < -0.4 is 0 Å². The Morgan fingerprint density at radius 1 is 1.44 bits per heavy atom. The first-order chi connectivity index (χ1) is 7.58. The number of carbonyl (C=O) groups is 1. The summed E-state index contributed by atoms with van der Waals surface area (Å²) < 4.78 is 0. The van der Waals surface area contributed by atoms with Crippen LogP contribution in [0.5, 0.6) is 0 Å². The van der Waals surface area contributed by atoms with Crippen molar-refractivity contribution >= 4 is 5.97 Å². The Balaban J connectivity index is 2.17. The number of carboxylic acids is 1. The highest BCUT2D eigenvalue weighted by Gasteiger charge is 2.36. The van der Waals surface area contributed by atoms with E-state index in [1.54, 1.807) is 0 Å². The lowest BCUT2D eigenvalue weighted by Gasteiger charge is -2.13. The second-order valence-corrected chi connectivity index (χ2v) is 4.92. The maximum atomic E-state index is 11.2. The Hall–Kier alpha value is -1.31. The van der Waals surface area contributed by atoms with Crippen LogP contribution in [0, 0.1) is 25.7 Å². The zero-order valence-electron chi connectivity index (χ0n) is 9.86. The third kappa shape index (κ3) is 2.43. The van der Waals surface area contributed by atoms with Gasteiger partial charge in [-0.1, -0.05) is 23.8 Å². The summed E-state index contributed by atoms with van der Waals surface area (Å²) in [6.45, 7) is 4.11. The van der Waals surface area contributed by atoms with Gasteiger partial charge in [0.25, 0.3) is 0 Å². The van der Waals surface area contributed by atoms with Gasteiger partial charge >= 0.3 is 5.97 Å². The molecule has 86 valence electrons. The van der Waals surface area contributed by atoms with Gasteiger partial charge in [0.15, 0.2) is 0 Å². The van der Waals surface area contributed by atoms with Gasteiger partial charge in [0.05, 0.1) is 5.92 Å². The molecule has 0 spiro atoms. The first-order valence-electron chi connectivity index (χ1n) is 5.87. The minimum absolute atomic E-state index is 0.180. The second kappa shape index (κ2) is 4.28. The standard InChI is InChI=1S/C14H18O2/c1-9-3-4-10(2)12(7-9)8-13(14(15)16)11-5-6-11/h3-4,7,11,13H,5-6,8H2,1-2H3,(H,15,16). The van der Waals surface area contributed by atoms with Gasteiger partial charge in [-0.15, -0.1) is 0 Å². The highest BCUT2D eigenvalue weighted by Crippen LogP contribution is 2.39. The van der Waals surface area contributed by atoms with Crippen LogP contribution in [0.25, 0.3) is 0 Å². The predicted octanol–water partition coefficient (Wildman–Crippen LogP) is 2.96. The Labute approximate surface area is 96.3 Å². The van der Waals surface area contributed by atoms with Crippen LogP contribution >= 0.6 is 0 Å². The summed E-state index contributed by atoms with van der Waals surface area (Å²) in [4.78, 5) is 11.2. The molecule has 0 amide bonds. The molecule has 0 bridgehead atoms. The average molecular weight is 218 g/mol. The first kappa shape index (κ1) is 11.2. The number of carboxylic acid groups (broad SMARTS) is 1. The third-order valence-corrected chi connectivity index (χ3v) is 3.45. The number of benzene rings is 1. The first-order valence-corrected chi connectivity index (χ1v) is 5.87. The molecule has 0 saturated heterocycles. The van der Waals surface area contributed by atoms with Gasteiger partial charge in [-0.25, -0.2) is 0 Å². The van der Waals surface area contributed by atoms with E-state index in [0.717, 1.165) is 12.8 Å². The van der Waals surface area contributed by atoms with Crippen molar-refractivity contribution in [3.05, 3.63) is 34.9 Å². The number of aryl methyl sites for hydroxylation is 2. The van der Waals surface area contributed by atoms with E-state index >= 15 is 0 Å². The summed E-state index contributed by atoms with van der Waals surface area (Å²) in [6, 6.07) is 6.27. The predicted molar refractivity (Wildman–Crippen MR) is 63.5 cm³/mol. The fourth-order valence-corrected chi connectivity index (χ4v) is 2.21. The van der Waals surface area contributed by atoms with Gasteiger partial charge in [-0.2, -0.15) is 0 Å². The fraction of sp³-hybridized carbons (Fsp3) is 0.500. The molecular weight excluding hydrogens is 200 g/mol. The molecule has 2 nitrogen and oxygen atoms in total. The quantitative estimate of drug-likeness (QED) is 0.843. The van der Waals surface area contributed by atoms with E-state index in [0.29, 0.717) is 12.3 Å². The highest BCUT2D eigenvalue weighted by atomic mass is 16.4. The molecule has 16 heavy (non-hydrogen) atoms. The smallest absolute Gasteiger partial charge is 0.307 e. The van der Waals surface area contributed by atoms with Gasteiger partial charge in [0.1, 0.15) is 0 Å². The van der Waals surface area contributed by atoms with Crippen LogP contribution in [-0.4, -0.2) is 11.1 Å². The topological polar surface area (TPSA) is 37.3 Å². The summed E-state index contributed by atoms with van der Waals surface area (Å²) in [5, 5.41) is 9.21. The van der Waals surface area contributed by atoms with E-state index in [4.69, 9.17) is 0 Å². The van der Waals surface area contributed by atoms with Crippen molar-refractivity contribution in [2.75, 3.05) is 0 Å². The van der Waals surface area contributed by atoms with Crippen molar-refractivity contribution < 1.29 is 9.90 Å². The fourth-order valence-electron chi connectivity index (χ4n) is 2.21. The Morgan fingerprint density at radius 3 is 2.69 bits per heavy atom. The average Bonchev–Trinajstić information content (AvgIpc) is 3.02. The minimum Gasteiger partial charge on any atom is -0.481 e. The van der Waals surface area contributed by atoms with Crippen LogP contribution in [0.15, 0.2) is 18.2 Å². The maximum absolute atomic E-state index is 11.2. The minimum atomic E-state index is -0.636. The van der Waals surface area contributed by atoms with Crippen LogP contribution in [0.4, 0.5) is 0 Å². The van der Waals surface area contributed by atoms with E-state index in [-0.39, 0.29) is 5.92 Å². The lowest BCUT2D eigenvalue weighted by molar-refractivity contribution is -0.142. The monoisotopic (exact) mass is 218 g/mol. The molecule has 1 aromatic carbocycles. The summed E-state index contributed by atoms with van der Waals surface area (Å²) in [7, 11) is 0. The molecule has 0 radical (unpaired) electrons. The van der Waals surface area contributed by atoms with Crippen molar-refractivity contribution in [3.63, 3.8) is 0 Å². The molecule has 1 atom stereocenters. The molecule has 1 N–H and O–H groups in total. The van der Waals surface area contributed by atoms with Crippen molar-refractivity contribution in [2.24, 2.45) is 11.8 Å². The molecule has 1 saturated carbocycles. The molecule has 1 aliphatic carbocycles. The van der Waals surface area contributed by atoms with E-state index in [2.05, 4.69) is 32.0 Å². The van der Waals surface area contributed by atoms with Crippen LogP contribution in [0.2, 0.25) is 0 Å². The van der Waals surface area contributed by atoms with Gasteiger partial charge in [-0.05, 0) is 50.2 Å². The van der Waals surface area contributed by atoms with Gasteiger partial charge in [0.2, 0.25) is 0 Å². The summed E-state index contributed by atoms with van der Waals surface area (Å²) in [6.07, 6.45) is 2.86. The Bertz CT molecular complexity index is 405. The molecule has 1 fully saturated rings. The van der Waals surface area contributed by atoms with E-state index in [9.17, 15) is 9.90 Å². The maximum Gasteiger partial charge on any atom is 0.307 e. The summed E-state index contributed by atoms with van der Waals surface area (Å²) >= 11 is 0. The molecule has 1 unspecified atom stereocenters. The third-order valence-electron chi connectivity index (χ3n) is 3.45. The molecule has 1 aromatic rings. The Kier molecular flexibility index (Phi) is 2.99.